The lowest BCUT2D eigenvalue weighted by molar-refractivity contribution is 0.290. The SMILES string of the molecule is Cc1ccc(F)c(S(=O)(=O)Nc2cc(F)c(-c3nn(C(C)C)c4c3c(N)ncc4[C@H]3CC[C@H](NC[C@@H](C)F)CC3)cc2F)c1. The van der Waals surface area contributed by atoms with Gasteiger partial charge in [0.1, 0.15) is 40.0 Å². The Morgan fingerprint density at radius 1 is 1.02 bits per heavy atom. The van der Waals surface area contributed by atoms with Crippen LogP contribution in [0.1, 0.15) is 69.5 Å². The summed E-state index contributed by atoms with van der Waals surface area (Å²) in [6, 6.07) is 5.08. The smallest absolute Gasteiger partial charge is 0.264 e. The highest BCUT2D eigenvalue weighted by Gasteiger charge is 2.30. The van der Waals surface area contributed by atoms with Crippen molar-refractivity contribution in [2.24, 2.45) is 0 Å². The number of rotatable bonds is 9. The maximum atomic E-state index is 15.7. The second kappa shape index (κ2) is 12.4. The highest BCUT2D eigenvalue weighted by Crippen LogP contribution is 2.42. The minimum Gasteiger partial charge on any atom is -0.383 e. The second-order valence-electron chi connectivity index (χ2n) is 11.8. The number of nitrogens with two attached hydrogens (primary N) is 1. The van der Waals surface area contributed by atoms with Crippen molar-refractivity contribution in [1.82, 2.24) is 20.1 Å². The van der Waals surface area contributed by atoms with Crippen molar-refractivity contribution in [1.29, 1.82) is 0 Å². The Morgan fingerprint density at radius 2 is 1.73 bits per heavy atom. The number of anilines is 2. The topological polar surface area (TPSA) is 115 Å². The van der Waals surface area contributed by atoms with Crippen LogP contribution in [0.4, 0.5) is 29.1 Å². The number of nitrogen functional groups attached to an aromatic ring is 1. The highest BCUT2D eigenvalue weighted by atomic mass is 32.2. The average molecular weight is 633 g/mol. The van der Waals surface area contributed by atoms with Crippen LogP contribution < -0.4 is 15.8 Å². The zero-order valence-corrected chi connectivity index (χ0v) is 25.8. The van der Waals surface area contributed by atoms with Crippen LogP contribution in [0.3, 0.4) is 0 Å². The van der Waals surface area contributed by atoms with Crippen molar-refractivity contribution >= 4 is 32.4 Å². The molecule has 0 saturated heterocycles. The molecular formula is C31H36F4N6O2S. The molecule has 4 aromatic rings. The number of fused-ring (bicyclic) bond motifs is 1. The van der Waals surface area contributed by atoms with Crippen LogP contribution in [0.2, 0.25) is 0 Å². The number of pyridine rings is 1. The van der Waals surface area contributed by atoms with Crippen molar-refractivity contribution in [2.75, 3.05) is 17.0 Å². The molecule has 0 aliphatic heterocycles. The molecular weight excluding hydrogens is 596 g/mol. The normalized spacial score (nSPS) is 18.2. The first-order chi connectivity index (χ1) is 20.8. The summed E-state index contributed by atoms with van der Waals surface area (Å²) in [6.45, 7) is 7.23. The minimum absolute atomic E-state index is 0.0726. The van der Waals surface area contributed by atoms with E-state index in [0.29, 0.717) is 29.1 Å². The molecule has 1 aliphatic carbocycles. The van der Waals surface area contributed by atoms with Gasteiger partial charge in [0.05, 0.1) is 16.6 Å². The quantitative estimate of drug-likeness (QED) is 0.176. The van der Waals surface area contributed by atoms with E-state index in [0.717, 1.165) is 49.4 Å². The monoisotopic (exact) mass is 632 g/mol. The molecule has 2 heterocycles. The number of hydrogen-bond donors (Lipinski definition) is 3. The summed E-state index contributed by atoms with van der Waals surface area (Å²) >= 11 is 0. The van der Waals surface area contributed by atoms with Gasteiger partial charge in [-0.05, 0) is 88.6 Å². The molecule has 13 heteroatoms. The predicted octanol–water partition coefficient (Wildman–Crippen LogP) is 6.76. The molecule has 1 atom stereocenters. The van der Waals surface area contributed by atoms with E-state index < -0.39 is 44.2 Å². The molecule has 2 aromatic carbocycles. The number of halogens is 4. The molecule has 0 radical (unpaired) electrons. The lowest BCUT2D eigenvalue weighted by Gasteiger charge is -2.30. The Kier molecular flexibility index (Phi) is 8.90. The van der Waals surface area contributed by atoms with Crippen molar-refractivity contribution in [2.45, 2.75) is 82.4 Å². The lowest BCUT2D eigenvalue weighted by atomic mass is 9.81. The van der Waals surface area contributed by atoms with E-state index in [-0.39, 0.29) is 35.1 Å². The summed E-state index contributed by atoms with van der Waals surface area (Å²) < 4.78 is 88.2. The van der Waals surface area contributed by atoms with Gasteiger partial charge in [0, 0.05) is 36.5 Å². The molecule has 1 aliphatic rings. The van der Waals surface area contributed by atoms with Crippen molar-refractivity contribution in [3.8, 4) is 11.3 Å². The summed E-state index contributed by atoms with van der Waals surface area (Å²) in [4.78, 5) is 3.72. The summed E-state index contributed by atoms with van der Waals surface area (Å²) in [7, 11) is -4.57. The Hall–Kier alpha value is -3.71. The van der Waals surface area contributed by atoms with Gasteiger partial charge in [0.25, 0.3) is 10.0 Å². The molecule has 4 N–H and O–H groups in total. The number of sulfonamides is 1. The maximum absolute atomic E-state index is 15.7. The number of nitrogens with one attached hydrogen (secondary N) is 2. The van der Waals surface area contributed by atoms with Crippen molar-refractivity contribution in [3.63, 3.8) is 0 Å². The van der Waals surface area contributed by atoms with E-state index in [9.17, 15) is 17.2 Å². The third-order valence-electron chi connectivity index (χ3n) is 8.06. The van der Waals surface area contributed by atoms with E-state index >= 15 is 8.78 Å². The number of hydrogen-bond acceptors (Lipinski definition) is 6. The molecule has 0 unspecified atom stereocenters. The van der Waals surface area contributed by atoms with Gasteiger partial charge in [-0.2, -0.15) is 5.10 Å². The third-order valence-corrected chi connectivity index (χ3v) is 9.44. The van der Waals surface area contributed by atoms with Gasteiger partial charge < -0.3 is 11.1 Å². The predicted molar refractivity (Wildman–Crippen MR) is 163 cm³/mol. The average Bonchev–Trinajstić information content (AvgIpc) is 3.37. The summed E-state index contributed by atoms with van der Waals surface area (Å²) in [5.74, 6) is -2.86. The van der Waals surface area contributed by atoms with Crippen LogP contribution in [0.5, 0.6) is 0 Å². The molecule has 0 amide bonds. The molecule has 0 spiro atoms. The fourth-order valence-electron chi connectivity index (χ4n) is 5.84. The van der Waals surface area contributed by atoms with E-state index in [1.165, 1.54) is 13.0 Å². The first-order valence-corrected chi connectivity index (χ1v) is 16.1. The number of alkyl halides is 1. The van der Waals surface area contributed by atoms with Gasteiger partial charge in [-0.25, -0.2) is 31.0 Å². The fourth-order valence-corrected chi connectivity index (χ4v) is 7.06. The minimum atomic E-state index is -4.57. The van der Waals surface area contributed by atoms with Gasteiger partial charge in [0.15, 0.2) is 0 Å². The number of nitrogens with zero attached hydrogens (tertiary/aromatic N) is 3. The number of aromatic nitrogens is 3. The zero-order valence-electron chi connectivity index (χ0n) is 25.0. The van der Waals surface area contributed by atoms with E-state index in [2.05, 4.69) is 15.4 Å². The van der Waals surface area contributed by atoms with Gasteiger partial charge >= 0.3 is 0 Å². The molecule has 8 nitrogen and oxygen atoms in total. The Bertz CT molecular complexity index is 1800. The molecule has 44 heavy (non-hydrogen) atoms. The Morgan fingerprint density at radius 3 is 2.39 bits per heavy atom. The van der Waals surface area contributed by atoms with Gasteiger partial charge in [-0.15, -0.1) is 0 Å². The fraction of sp³-hybridized carbons (Fsp3) is 0.419. The Balaban J connectivity index is 1.53. The van der Waals surface area contributed by atoms with Crippen LogP contribution >= 0.6 is 0 Å². The standard InChI is InChI=1S/C31H36F4N6O2S/c1-16(2)41-30-22(19-6-8-20(9-7-19)37-14-18(4)32)15-38-31(36)28(30)29(39-41)21-12-25(35)26(13-24(21)34)40-44(42,43)27-11-17(3)5-10-23(27)33/h5,10-13,15-16,18-20,37,40H,6-9,14H2,1-4H3,(H2,36,38)/t18-,19-,20-/m1/s1. The third kappa shape index (κ3) is 6.25. The number of benzene rings is 2. The lowest BCUT2D eigenvalue weighted by Crippen LogP contribution is -2.36. The molecule has 1 fully saturated rings. The van der Waals surface area contributed by atoms with Gasteiger partial charge in [0.2, 0.25) is 0 Å². The maximum Gasteiger partial charge on any atom is 0.264 e. The van der Waals surface area contributed by atoms with E-state index in [1.54, 1.807) is 17.8 Å². The first-order valence-electron chi connectivity index (χ1n) is 14.6. The summed E-state index contributed by atoms with van der Waals surface area (Å²) in [6.07, 6.45) is 4.10. The van der Waals surface area contributed by atoms with Crippen molar-refractivity contribution in [3.05, 3.63) is 65.1 Å². The number of aryl methyl sites for hydroxylation is 1. The van der Waals surface area contributed by atoms with Crippen LogP contribution in [-0.2, 0) is 10.0 Å². The molecule has 2 aromatic heterocycles. The first kappa shape index (κ1) is 31.7. The van der Waals surface area contributed by atoms with Crippen LogP contribution in [0.25, 0.3) is 22.2 Å². The van der Waals surface area contributed by atoms with Gasteiger partial charge in [-0.1, -0.05) is 6.07 Å². The van der Waals surface area contributed by atoms with E-state index in [1.807, 2.05) is 18.6 Å². The molecule has 236 valence electrons. The van der Waals surface area contributed by atoms with Crippen LogP contribution in [0, 0.1) is 24.4 Å². The van der Waals surface area contributed by atoms with E-state index in [4.69, 9.17) is 5.73 Å². The van der Waals surface area contributed by atoms with Crippen molar-refractivity contribution < 1.29 is 26.0 Å². The highest BCUT2D eigenvalue weighted by molar-refractivity contribution is 7.92. The summed E-state index contributed by atoms with van der Waals surface area (Å²) in [5, 5.41) is 8.31. The Labute approximate surface area is 254 Å². The van der Waals surface area contributed by atoms with Gasteiger partial charge in [-0.3, -0.25) is 9.40 Å². The molecule has 5 rings (SSSR count). The van der Waals surface area contributed by atoms with Crippen LogP contribution in [-0.4, -0.2) is 41.9 Å². The van der Waals surface area contributed by atoms with Crippen LogP contribution in [0.15, 0.2) is 41.4 Å². The molecule has 0 bridgehead atoms. The molecule has 1 saturated carbocycles. The zero-order chi connectivity index (χ0) is 31.9. The largest absolute Gasteiger partial charge is 0.383 e. The second-order valence-corrected chi connectivity index (χ2v) is 13.4. The summed E-state index contributed by atoms with van der Waals surface area (Å²) in [5.41, 5.74) is 7.54.